The lowest BCUT2D eigenvalue weighted by molar-refractivity contribution is -0.148. The summed E-state index contributed by atoms with van der Waals surface area (Å²) in [5.74, 6) is -0.928. The van der Waals surface area contributed by atoms with E-state index in [-0.39, 0.29) is 55.0 Å². The molecule has 190 valence electrons. The highest BCUT2D eigenvalue weighted by atomic mass is 16.5. The van der Waals surface area contributed by atoms with Gasteiger partial charge in [-0.3, -0.25) is 19.2 Å². The van der Waals surface area contributed by atoms with Gasteiger partial charge in [0, 0.05) is 24.4 Å². The Bertz CT molecular complexity index is 791. The molecule has 0 aliphatic carbocycles. The molecule has 0 unspecified atom stereocenters. The number of hydrogen-bond acceptors (Lipinski definition) is 7. The second-order valence-electron chi connectivity index (χ2n) is 8.58. The Hall–Kier alpha value is -2.78. The summed E-state index contributed by atoms with van der Waals surface area (Å²) in [5, 5.41) is 5.37. The van der Waals surface area contributed by atoms with Crippen LogP contribution in [0.1, 0.15) is 53.0 Å². The minimum absolute atomic E-state index is 0.0101. The summed E-state index contributed by atoms with van der Waals surface area (Å²) in [7, 11) is 0. The number of rotatable bonds is 16. The highest BCUT2D eigenvalue weighted by Crippen LogP contribution is 2.12. The molecule has 9 heteroatoms. The minimum atomic E-state index is -0.721. The van der Waals surface area contributed by atoms with Crippen molar-refractivity contribution in [1.82, 2.24) is 5.32 Å². The highest BCUT2D eigenvalue weighted by Gasteiger charge is 2.16. The zero-order valence-corrected chi connectivity index (χ0v) is 20.8. The molecule has 0 fully saturated rings. The molecule has 1 rings (SSSR count). The number of Topliss-reactive ketones (excluding diaryl/α,β-unsaturated/α-hetero) is 1. The fraction of sp³-hybridized carbons (Fsp3) is 0.600. The first-order valence-electron chi connectivity index (χ1n) is 11.6. The monoisotopic (exact) mass is 478 g/mol. The molecule has 0 radical (unpaired) electrons. The molecule has 0 bridgehead atoms. The van der Waals surface area contributed by atoms with Crippen molar-refractivity contribution in [3.8, 4) is 0 Å². The maximum Gasteiger partial charge on any atom is 0.308 e. The highest BCUT2D eigenvalue weighted by molar-refractivity contribution is 5.96. The number of esters is 1. The van der Waals surface area contributed by atoms with E-state index in [1.165, 1.54) is 0 Å². The van der Waals surface area contributed by atoms with Crippen molar-refractivity contribution in [2.75, 3.05) is 31.7 Å². The van der Waals surface area contributed by atoms with Crippen LogP contribution in [0, 0.1) is 11.8 Å². The fourth-order valence-corrected chi connectivity index (χ4v) is 2.58. The maximum atomic E-state index is 12.3. The van der Waals surface area contributed by atoms with Gasteiger partial charge in [-0.1, -0.05) is 39.8 Å². The number of nitrogens with one attached hydrogen (secondary N) is 2. The largest absolute Gasteiger partial charge is 0.461 e. The molecule has 1 atom stereocenters. The second-order valence-corrected chi connectivity index (χ2v) is 8.58. The van der Waals surface area contributed by atoms with E-state index in [2.05, 4.69) is 10.6 Å². The quantitative estimate of drug-likeness (QED) is 0.277. The van der Waals surface area contributed by atoms with Gasteiger partial charge >= 0.3 is 5.97 Å². The summed E-state index contributed by atoms with van der Waals surface area (Å²) < 4.78 is 15.9. The molecule has 1 aromatic carbocycles. The summed E-state index contributed by atoms with van der Waals surface area (Å²) in [6.07, 6.45) is 0.505. The Morgan fingerprint density at radius 3 is 1.94 bits per heavy atom. The molecule has 0 saturated carbocycles. The molecular formula is C25H38N2O7. The first kappa shape index (κ1) is 29.3. The summed E-state index contributed by atoms with van der Waals surface area (Å²) in [5.41, 5.74) is 1.38. The fourth-order valence-electron chi connectivity index (χ4n) is 2.58. The number of carbonyl (C=O) groups is 4. The van der Waals surface area contributed by atoms with Gasteiger partial charge in [-0.25, -0.2) is 0 Å². The number of amides is 2. The van der Waals surface area contributed by atoms with E-state index in [9.17, 15) is 19.2 Å². The first-order valence-corrected chi connectivity index (χ1v) is 11.6. The molecule has 1 aromatic rings. The van der Waals surface area contributed by atoms with Gasteiger partial charge in [-0.15, -0.1) is 0 Å². The number of hydrogen-bond donors (Lipinski definition) is 2. The molecule has 0 saturated heterocycles. The lowest BCUT2D eigenvalue weighted by atomic mass is 10.1. The van der Waals surface area contributed by atoms with E-state index in [0.717, 1.165) is 5.56 Å². The summed E-state index contributed by atoms with van der Waals surface area (Å²) in [4.78, 5) is 47.3. The predicted octanol–water partition coefficient (Wildman–Crippen LogP) is 2.87. The Kier molecular flexibility index (Phi) is 13.7. The summed E-state index contributed by atoms with van der Waals surface area (Å²) in [6.45, 7) is 10.3. The van der Waals surface area contributed by atoms with Crippen molar-refractivity contribution in [3.63, 3.8) is 0 Å². The molecule has 0 aliphatic heterocycles. The SMILES string of the molecule is CC(C)C(=O)CCOCCOCCC(=O)N[C@@H](C)C(=O)Nc1ccc(COC(=O)C(C)C)cc1. The van der Waals surface area contributed by atoms with Gasteiger partial charge in [-0.2, -0.15) is 0 Å². The Labute approximate surface area is 201 Å². The van der Waals surface area contributed by atoms with Crippen LogP contribution in [0.25, 0.3) is 0 Å². The van der Waals surface area contributed by atoms with Gasteiger partial charge in [0.25, 0.3) is 0 Å². The van der Waals surface area contributed by atoms with Crippen LogP contribution in [0.15, 0.2) is 24.3 Å². The predicted molar refractivity (Wildman–Crippen MR) is 128 cm³/mol. The van der Waals surface area contributed by atoms with Gasteiger partial charge in [0.15, 0.2) is 0 Å². The zero-order valence-electron chi connectivity index (χ0n) is 20.8. The third-order valence-corrected chi connectivity index (χ3v) is 4.83. The van der Waals surface area contributed by atoms with Gasteiger partial charge in [0.05, 0.1) is 32.3 Å². The van der Waals surface area contributed by atoms with Crippen LogP contribution in [0.2, 0.25) is 0 Å². The molecule has 0 spiro atoms. The molecular weight excluding hydrogens is 440 g/mol. The Morgan fingerprint density at radius 2 is 1.38 bits per heavy atom. The van der Waals surface area contributed by atoms with Crippen LogP contribution in [0.5, 0.6) is 0 Å². The van der Waals surface area contributed by atoms with Crippen LogP contribution in [-0.2, 0) is 40.0 Å². The lowest BCUT2D eigenvalue weighted by Crippen LogP contribution is -2.41. The van der Waals surface area contributed by atoms with Crippen LogP contribution in [-0.4, -0.2) is 56.0 Å². The normalized spacial score (nSPS) is 11.9. The Morgan fingerprint density at radius 1 is 0.794 bits per heavy atom. The number of ether oxygens (including phenoxy) is 3. The number of carbonyl (C=O) groups excluding carboxylic acids is 4. The average molecular weight is 479 g/mol. The van der Waals surface area contributed by atoms with Crippen LogP contribution in [0.3, 0.4) is 0 Å². The van der Waals surface area contributed by atoms with E-state index in [4.69, 9.17) is 14.2 Å². The number of anilines is 1. The number of benzene rings is 1. The lowest BCUT2D eigenvalue weighted by Gasteiger charge is -2.14. The van der Waals surface area contributed by atoms with Crippen molar-refractivity contribution in [2.45, 2.75) is 60.1 Å². The molecule has 34 heavy (non-hydrogen) atoms. The van der Waals surface area contributed by atoms with Crippen molar-refractivity contribution in [1.29, 1.82) is 0 Å². The molecule has 0 aromatic heterocycles. The minimum Gasteiger partial charge on any atom is -0.461 e. The van der Waals surface area contributed by atoms with Gasteiger partial charge in [-0.05, 0) is 24.6 Å². The molecule has 0 aliphatic rings. The summed E-state index contributed by atoms with van der Waals surface area (Å²) in [6, 6.07) is 6.21. The average Bonchev–Trinajstić information content (AvgIpc) is 2.79. The van der Waals surface area contributed by atoms with Crippen LogP contribution >= 0.6 is 0 Å². The van der Waals surface area contributed by atoms with Gasteiger partial charge < -0.3 is 24.8 Å². The van der Waals surface area contributed by atoms with Crippen LogP contribution < -0.4 is 10.6 Å². The molecule has 2 N–H and O–H groups in total. The molecule has 2 amide bonds. The van der Waals surface area contributed by atoms with Crippen molar-refractivity contribution < 1.29 is 33.4 Å². The van der Waals surface area contributed by atoms with Crippen molar-refractivity contribution >= 4 is 29.3 Å². The Balaban J connectivity index is 2.21. The standard InChI is InChI=1S/C25H38N2O7/c1-17(2)22(28)10-12-32-14-15-33-13-11-23(29)26-19(5)24(30)27-21-8-6-20(7-9-21)16-34-25(31)18(3)4/h6-9,17-19H,10-16H2,1-5H3,(H,26,29)(H,27,30)/t19-/m0/s1. The second kappa shape index (κ2) is 16.0. The van der Waals surface area contributed by atoms with Gasteiger partial charge in [0.1, 0.15) is 18.4 Å². The zero-order chi connectivity index (χ0) is 25.5. The van der Waals surface area contributed by atoms with E-state index >= 15 is 0 Å². The van der Waals surface area contributed by atoms with Crippen molar-refractivity contribution in [3.05, 3.63) is 29.8 Å². The molecule has 9 nitrogen and oxygen atoms in total. The van der Waals surface area contributed by atoms with Crippen molar-refractivity contribution in [2.24, 2.45) is 11.8 Å². The van der Waals surface area contributed by atoms with E-state index in [0.29, 0.717) is 31.9 Å². The van der Waals surface area contributed by atoms with Gasteiger partial charge in [0.2, 0.25) is 11.8 Å². The smallest absolute Gasteiger partial charge is 0.308 e. The first-order chi connectivity index (χ1) is 16.1. The maximum absolute atomic E-state index is 12.3. The topological polar surface area (TPSA) is 120 Å². The molecule has 0 heterocycles. The van der Waals surface area contributed by atoms with Crippen LogP contribution in [0.4, 0.5) is 5.69 Å². The van der Waals surface area contributed by atoms with E-state index in [1.807, 2.05) is 13.8 Å². The third kappa shape index (κ3) is 12.5. The van der Waals surface area contributed by atoms with E-state index < -0.39 is 6.04 Å². The summed E-state index contributed by atoms with van der Waals surface area (Å²) >= 11 is 0. The number of ketones is 1. The third-order valence-electron chi connectivity index (χ3n) is 4.83. The van der Waals surface area contributed by atoms with E-state index in [1.54, 1.807) is 45.0 Å².